The highest BCUT2D eigenvalue weighted by molar-refractivity contribution is 7.92. The molecular weight excluding hydrogens is 388 g/mol. The van der Waals surface area contributed by atoms with Gasteiger partial charge in [0.25, 0.3) is 0 Å². The highest BCUT2D eigenvalue weighted by Gasteiger charge is 2.17. The van der Waals surface area contributed by atoms with E-state index < -0.39 is 16.0 Å². The van der Waals surface area contributed by atoms with E-state index in [1.807, 2.05) is 6.07 Å². The maximum atomic E-state index is 12.5. The second-order valence-electron chi connectivity index (χ2n) is 6.94. The van der Waals surface area contributed by atoms with Crippen LogP contribution in [0.3, 0.4) is 0 Å². The first kappa shape index (κ1) is 22.4. The van der Waals surface area contributed by atoms with Gasteiger partial charge in [-0.2, -0.15) is 5.26 Å². The summed E-state index contributed by atoms with van der Waals surface area (Å²) in [6.07, 6.45) is 5.74. The number of rotatable bonds is 11. The Hall–Kier alpha value is -2.85. The second-order valence-corrected chi connectivity index (χ2v) is 8.79. The Bertz CT molecular complexity index is 977. The molecule has 0 saturated carbocycles. The van der Waals surface area contributed by atoms with Gasteiger partial charge in [0.15, 0.2) is 0 Å². The van der Waals surface area contributed by atoms with Gasteiger partial charge in [-0.3, -0.25) is 4.72 Å². The number of nitrogens with zero attached hydrogens (tertiary/aromatic N) is 1. The first-order valence-corrected chi connectivity index (χ1v) is 11.4. The van der Waals surface area contributed by atoms with Gasteiger partial charge in [-0.15, -0.1) is 0 Å². The number of sulfonamides is 1. The lowest BCUT2D eigenvalue weighted by molar-refractivity contribution is 0.0698. The van der Waals surface area contributed by atoms with Crippen LogP contribution < -0.4 is 4.72 Å². The van der Waals surface area contributed by atoms with Crippen molar-refractivity contribution in [3.05, 3.63) is 53.6 Å². The van der Waals surface area contributed by atoms with Gasteiger partial charge >= 0.3 is 5.97 Å². The fraction of sp³-hybridized carbons (Fsp3) is 0.364. The van der Waals surface area contributed by atoms with Gasteiger partial charge in [0.2, 0.25) is 10.0 Å². The number of carboxylic acids is 1. The quantitative estimate of drug-likeness (QED) is 0.502. The molecule has 7 heteroatoms. The van der Waals surface area contributed by atoms with Crippen LogP contribution in [0, 0.1) is 11.3 Å². The Labute approximate surface area is 172 Å². The van der Waals surface area contributed by atoms with Crippen LogP contribution in [0.25, 0.3) is 11.1 Å². The largest absolute Gasteiger partial charge is 0.478 e. The predicted octanol–water partition coefficient (Wildman–Crippen LogP) is 5.03. The maximum absolute atomic E-state index is 12.5. The zero-order valence-electron chi connectivity index (χ0n) is 16.5. The van der Waals surface area contributed by atoms with Gasteiger partial charge in [-0.25, -0.2) is 13.2 Å². The Kier molecular flexibility index (Phi) is 8.22. The molecule has 0 bridgehead atoms. The van der Waals surface area contributed by atoms with Gasteiger partial charge < -0.3 is 5.11 Å². The van der Waals surface area contributed by atoms with E-state index in [1.165, 1.54) is 12.1 Å². The van der Waals surface area contributed by atoms with Crippen molar-refractivity contribution < 1.29 is 18.3 Å². The minimum absolute atomic E-state index is 0.0424. The highest BCUT2D eigenvalue weighted by atomic mass is 32.2. The summed E-state index contributed by atoms with van der Waals surface area (Å²) in [6, 6.07) is 13.4. The third-order valence-corrected chi connectivity index (χ3v) is 5.99. The Balaban J connectivity index is 2.16. The molecule has 0 saturated heterocycles. The van der Waals surface area contributed by atoms with E-state index in [4.69, 9.17) is 5.26 Å². The number of nitrogens with one attached hydrogen (secondary N) is 1. The lowest BCUT2D eigenvalue weighted by Gasteiger charge is -2.13. The third-order valence-electron chi connectivity index (χ3n) is 4.63. The van der Waals surface area contributed by atoms with Crippen molar-refractivity contribution in [1.29, 1.82) is 5.26 Å². The zero-order valence-corrected chi connectivity index (χ0v) is 17.3. The molecule has 0 atom stereocenters. The fourth-order valence-electron chi connectivity index (χ4n) is 3.02. The molecule has 0 amide bonds. The summed E-state index contributed by atoms with van der Waals surface area (Å²) < 4.78 is 27.4. The summed E-state index contributed by atoms with van der Waals surface area (Å²) in [7, 11) is -3.65. The molecule has 0 spiro atoms. The summed E-state index contributed by atoms with van der Waals surface area (Å²) in [6.45, 7) is 2.13. The molecule has 154 valence electrons. The first-order chi connectivity index (χ1) is 13.9. The smallest absolute Gasteiger partial charge is 0.337 e. The molecule has 2 aromatic rings. The van der Waals surface area contributed by atoms with E-state index in [2.05, 4.69) is 11.6 Å². The number of nitriles is 1. The number of carbonyl (C=O) groups is 1. The Morgan fingerprint density at radius 1 is 1.00 bits per heavy atom. The highest BCUT2D eigenvalue weighted by Crippen LogP contribution is 2.27. The first-order valence-electron chi connectivity index (χ1n) is 9.74. The lowest BCUT2D eigenvalue weighted by Crippen LogP contribution is -2.18. The monoisotopic (exact) mass is 414 g/mol. The van der Waals surface area contributed by atoms with Crippen LogP contribution in [0.2, 0.25) is 0 Å². The second kappa shape index (κ2) is 10.6. The molecule has 0 fully saturated rings. The number of aromatic carboxylic acids is 1. The van der Waals surface area contributed by atoms with Crippen LogP contribution in [0.1, 0.15) is 61.4 Å². The van der Waals surface area contributed by atoms with Crippen LogP contribution >= 0.6 is 0 Å². The Morgan fingerprint density at radius 2 is 1.62 bits per heavy atom. The molecule has 0 radical (unpaired) electrons. The van der Waals surface area contributed by atoms with Crippen molar-refractivity contribution in [1.82, 2.24) is 0 Å². The van der Waals surface area contributed by atoms with Gasteiger partial charge in [0.1, 0.15) is 0 Å². The van der Waals surface area contributed by atoms with Gasteiger partial charge in [0.05, 0.1) is 28.6 Å². The van der Waals surface area contributed by atoms with Crippen molar-refractivity contribution in [3.63, 3.8) is 0 Å². The molecule has 2 N–H and O–H groups in total. The zero-order chi connectivity index (χ0) is 21.3. The molecule has 0 heterocycles. The molecule has 0 aliphatic heterocycles. The molecule has 0 aromatic heterocycles. The molecule has 2 rings (SSSR count). The Morgan fingerprint density at radius 3 is 2.24 bits per heavy atom. The van der Waals surface area contributed by atoms with E-state index in [0.29, 0.717) is 17.5 Å². The summed E-state index contributed by atoms with van der Waals surface area (Å²) in [4.78, 5) is 11.5. The molecule has 0 aliphatic rings. The minimum atomic E-state index is -3.65. The van der Waals surface area contributed by atoms with Crippen molar-refractivity contribution in [3.8, 4) is 17.2 Å². The maximum Gasteiger partial charge on any atom is 0.337 e. The van der Waals surface area contributed by atoms with E-state index in [0.717, 1.165) is 37.7 Å². The number of hydrogen-bond donors (Lipinski definition) is 2. The summed E-state index contributed by atoms with van der Waals surface area (Å²) in [5.74, 6) is -1.24. The van der Waals surface area contributed by atoms with Gasteiger partial charge in [-0.1, -0.05) is 57.2 Å². The number of anilines is 1. The average Bonchev–Trinajstić information content (AvgIpc) is 2.70. The van der Waals surface area contributed by atoms with Crippen LogP contribution in [0.15, 0.2) is 42.5 Å². The number of hydrogen-bond acceptors (Lipinski definition) is 4. The molecule has 0 aliphatic carbocycles. The fourth-order valence-corrected chi connectivity index (χ4v) is 4.21. The topological polar surface area (TPSA) is 107 Å². The van der Waals surface area contributed by atoms with E-state index in [1.54, 1.807) is 30.3 Å². The molecule has 6 nitrogen and oxygen atoms in total. The van der Waals surface area contributed by atoms with Crippen molar-refractivity contribution in [2.75, 3.05) is 10.5 Å². The number of unbranched alkanes of at least 4 members (excludes halogenated alkanes) is 5. The van der Waals surface area contributed by atoms with Crippen molar-refractivity contribution in [2.24, 2.45) is 0 Å². The summed E-state index contributed by atoms with van der Waals surface area (Å²) in [5, 5.41) is 18.3. The van der Waals surface area contributed by atoms with Crippen LogP contribution in [-0.4, -0.2) is 25.2 Å². The summed E-state index contributed by atoms with van der Waals surface area (Å²) in [5.41, 5.74) is 1.88. The van der Waals surface area contributed by atoms with E-state index >= 15 is 0 Å². The molecule has 2 aromatic carbocycles. The van der Waals surface area contributed by atoms with E-state index in [9.17, 15) is 18.3 Å². The molecule has 0 unspecified atom stereocenters. The lowest BCUT2D eigenvalue weighted by atomic mass is 10.0. The average molecular weight is 415 g/mol. The third kappa shape index (κ3) is 6.91. The normalized spacial score (nSPS) is 11.0. The molecular formula is C22H26N2O4S. The predicted molar refractivity (Wildman–Crippen MR) is 114 cm³/mol. The van der Waals surface area contributed by atoms with Gasteiger partial charge in [-0.05, 0) is 41.8 Å². The number of carboxylic acid groups (broad SMARTS) is 1. The van der Waals surface area contributed by atoms with Crippen LogP contribution in [0.5, 0.6) is 0 Å². The van der Waals surface area contributed by atoms with E-state index in [-0.39, 0.29) is 17.0 Å². The van der Waals surface area contributed by atoms with Crippen LogP contribution in [-0.2, 0) is 10.0 Å². The van der Waals surface area contributed by atoms with Crippen molar-refractivity contribution in [2.45, 2.75) is 45.4 Å². The SMILES string of the molecule is CCCCCCCCS(=O)(=O)Nc1cc(-c2ccc(C#N)cc2)ccc1C(=O)O. The number of benzene rings is 2. The molecule has 29 heavy (non-hydrogen) atoms. The van der Waals surface area contributed by atoms with Crippen LogP contribution in [0.4, 0.5) is 5.69 Å². The van der Waals surface area contributed by atoms with Gasteiger partial charge in [0, 0.05) is 0 Å². The van der Waals surface area contributed by atoms with Crippen molar-refractivity contribution >= 4 is 21.7 Å². The minimum Gasteiger partial charge on any atom is -0.478 e. The standard InChI is InChI=1S/C22H26N2O4S/c1-2-3-4-5-6-7-14-29(27,28)24-21-15-19(12-13-20(21)22(25)26)18-10-8-17(16-23)9-11-18/h8-13,15,24H,2-7,14H2,1H3,(H,25,26). The summed E-state index contributed by atoms with van der Waals surface area (Å²) >= 11 is 0.